The summed E-state index contributed by atoms with van der Waals surface area (Å²) in [5.74, 6) is 0.190. The van der Waals surface area contributed by atoms with E-state index in [0.717, 1.165) is 6.42 Å². The Morgan fingerprint density at radius 1 is 1.30 bits per heavy atom. The average molecular weight is 350 g/mol. The number of nitrogens with one attached hydrogen (secondary N) is 1. The van der Waals surface area contributed by atoms with Crippen LogP contribution in [0.5, 0.6) is 0 Å². The van der Waals surface area contributed by atoms with Crippen LogP contribution < -0.4 is 4.72 Å². The molecule has 128 valence electrons. The van der Waals surface area contributed by atoms with Gasteiger partial charge < -0.3 is 4.90 Å². The van der Waals surface area contributed by atoms with E-state index >= 15 is 0 Å². The molecule has 0 saturated carbocycles. The van der Waals surface area contributed by atoms with Crippen molar-refractivity contribution in [3.05, 3.63) is 29.8 Å². The van der Waals surface area contributed by atoms with Crippen LogP contribution in [-0.4, -0.2) is 31.3 Å². The van der Waals surface area contributed by atoms with Crippen molar-refractivity contribution in [2.45, 2.75) is 31.8 Å². The summed E-state index contributed by atoms with van der Waals surface area (Å²) in [5.41, 5.74) is -5.24. The molecule has 1 aliphatic rings. The molecule has 0 radical (unpaired) electrons. The van der Waals surface area contributed by atoms with Crippen LogP contribution in [0.3, 0.4) is 0 Å². The predicted molar refractivity (Wildman–Crippen MR) is 78.9 cm³/mol. The van der Waals surface area contributed by atoms with E-state index in [1.54, 1.807) is 10.8 Å². The summed E-state index contributed by atoms with van der Waals surface area (Å²) < 4.78 is 61.6. The molecular weight excluding hydrogens is 333 g/mol. The molecule has 1 amide bonds. The van der Waals surface area contributed by atoms with Gasteiger partial charge in [0, 0.05) is 19.5 Å². The van der Waals surface area contributed by atoms with Crippen molar-refractivity contribution in [2.24, 2.45) is 5.92 Å². The highest BCUT2D eigenvalue weighted by Crippen LogP contribution is 2.28. The molecular formula is C14H17F3N2O3S. The molecule has 1 aromatic rings. The summed E-state index contributed by atoms with van der Waals surface area (Å²) in [4.78, 5) is 13.5. The first-order chi connectivity index (χ1) is 10.6. The molecule has 0 bridgehead atoms. The predicted octanol–water partition coefficient (Wildman–Crippen LogP) is 2.71. The van der Waals surface area contributed by atoms with Crippen molar-refractivity contribution in [3.63, 3.8) is 0 Å². The zero-order chi connectivity index (χ0) is 17.3. The first kappa shape index (κ1) is 17.6. The van der Waals surface area contributed by atoms with Crippen molar-refractivity contribution in [1.29, 1.82) is 0 Å². The Balaban J connectivity index is 2.20. The second-order valence-electron chi connectivity index (χ2n) is 5.62. The number of anilines is 1. The minimum Gasteiger partial charge on any atom is -0.338 e. The van der Waals surface area contributed by atoms with Crippen LogP contribution >= 0.6 is 0 Å². The number of para-hydroxylation sites is 1. The molecule has 1 aliphatic heterocycles. The van der Waals surface area contributed by atoms with E-state index in [4.69, 9.17) is 0 Å². The Morgan fingerprint density at radius 3 is 2.57 bits per heavy atom. The fourth-order valence-corrected chi connectivity index (χ4v) is 2.97. The van der Waals surface area contributed by atoms with Crippen LogP contribution in [0.1, 0.15) is 25.3 Å². The van der Waals surface area contributed by atoms with Crippen LogP contribution in [0.4, 0.5) is 18.9 Å². The number of hydrogen-bond donors (Lipinski definition) is 1. The number of carbonyl (C=O) groups excluding carboxylic acids is 1. The van der Waals surface area contributed by atoms with Crippen molar-refractivity contribution >= 4 is 21.6 Å². The molecule has 9 heteroatoms. The minimum atomic E-state index is -5.49. The van der Waals surface area contributed by atoms with Gasteiger partial charge in [-0.15, -0.1) is 0 Å². The van der Waals surface area contributed by atoms with Crippen LogP contribution in [0.15, 0.2) is 24.3 Å². The molecule has 1 saturated heterocycles. The molecule has 1 heterocycles. The summed E-state index contributed by atoms with van der Waals surface area (Å²) in [6, 6.07) is 5.75. The van der Waals surface area contributed by atoms with Gasteiger partial charge >= 0.3 is 15.5 Å². The molecule has 23 heavy (non-hydrogen) atoms. The van der Waals surface area contributed by atoms with Gasteiger partial charge in [-0.1, -0.05) is 25.1 Å². The maximum Gasteiger partial charge on any atom is 0.516 e. The van der Waals surface area contributed by atoms with E-state index in [9.17, 15) is 26.4 Å². The standard InChI is InChI=1S/C14H17F3N2O3S/c1-10-6-7-19(13(20)8-10)9-11-4-2-3-5-12(11)18-23(21,22)14(15,16)17/h2-5,10,18H,6-9H2,1H3. The van der Waals surface area contributed by atoms with Crippen molar-refractivity contribution in [2.75, 3.05) is 11.3 Å². The van der Waals surface area contributed by atoms with Crippen LogP contribution in [0, 0.1) is 5.92 Å². The lowest BCUT2D eigenvalue weighted by Crippen LogP contribution is -2.38. The lowest BCUT2D eigenvalue weighted by Gasteiger charge is -2.30. The number of piperidine rings is 1. The molecule has 1 atom stereocenters. The van der Waals surface area contributed by atoms with Crippen molar-refractivity contribution < 1.29 is 26.4 Å². The number of rotatable bonds is 4. The highest BCUT2D eigenvalue weighted by atomic mass is 32.2. The molecule has 2 rings (SSSR count). The number of alkyl halides is 3. The van der Waals surface area contributed by atoms with Crippen molar-refractivity contribution in [1.82, 2.24) is 4.90 Å². The van der Waals surface area contributed by atoms with E-state index in [-0.39, 0.29) is 24.1 Å². The quantitative estimate of drug-likeness (QED) is 0.908. The van der Waals surface area contributed by atoms with Crippen molar-refractivity contribution in [3.8, 4) is 0 Å². The maximum absolute atomic E-state index is 12.5. The molecule has 1 unspecified atom stereocenters. The van der Waals surface area contributed by atoms with Gasteiger partial charge in [-0.2, -0.15) is 21.6 Å². The van der Waals surface area contributed by atoms with E-state index in [1.807, 2.05) is 6.92 Å². The number of hydrogen-bond acceptors (Lipinski definition) is 3. The van der Waals surface area contributed by atoms with Crippen LogP contribution in [0.25, 0.3) is 0 Å². The van der Waals surface area contributed by atoms with E-state index < -0.39 is 15.5 Å². The third kappa shape index (κ3) is 4.15. The molecule has 0 aromatic heterocycles. The Labute approximate surface area is 132 Å². The molecule has 1 fully saturated rings. The van der Waals surface area contributed by atoms with E-state index in [0.29, 0.717) is 18.5 Å². The Bertz CT molecular complexity index is 689. The zero-order valence-corrected chi connectivity index (χ0v) is 13.2. The summed E-state index contributed by atoms with van der Waals surface area (Å²) in [7, 11) is -5.49. The highest BCUT2D eigenvalue weighted by molar-refractivity contribution is 7.93. The van der Waals surface area contributed by atoms with Crippen LogP contribution in [0.2, 0.25) is 0 Å². The van der Waals surface area contributed by atoms with Gasteiger partial charge in [0.2, 0.25) is 5.91 Å². The highest BCUT2D eigenvalue weighted by Gasteiger charge is 2.46. The van der Waals surface area contributed by atoms with Gasteiger partial charge in [0.25, 0.3) is 0 Å². The number of amides is 1. The third-order valence-electron chi connectivity index (χ3n) is 3.70. The van der Waals surface area contributed by atoms with Gasteiger partial charge in [-0.05, 0) is 24.0 Å². The number of halogens is 3. The lowest BCUT2D eigenvalue weighted by molar-refractivity contribution is -0.135. The first-order valence-electron chi connectivity index (χ1n) is 7.05. The molecule has 0 aliphatic carbocycles. The van der Waals surface area contributed by atoms with Crippen LogP contribution in [-0.2, 0) is 21.4 Å². The number of sulfonamides is 1. The fourth-order valence-electron chi connectivity index (χ4n) is 2.36. The number of benzene rings is 1. The third-order valence-corrected chi connectivity index (χ3v) is 4.79. The molecule has 0 spiro atoms. The van der Waals surface area contributed by atoms with E-state index in [1.165, 1.54) is 23.1 Å². The zero-order valence-electron chi connectivity index (χ0n) is 12.4. The summed E-state index contributed by atoms with van der Waals surface area (Å²) in [6.07, 6.45) is 1.19. The largest absolute Gasteiger partial charge is 0.516 e. The number of carbonyl (C=O) groups is 1. The lowest BCUT2D eigenvalue weighted by atomic mass is 9.98. The molecule has 1 aromatic carbocycles. The summed E-state index contributed by atoms with van der Waals surface area (Å²) in [6.45, 7) is 2.53. The topological polar surface area (TPSA) is 66.5 Å². The Morgan fingerprint density at radius 2 is 1.96 bits per heavy atom. The number of nitrogens with zero attached hydrogens (tertiary/aromatic N) is 1. The fraction of sp³-hybridized carbons (Fsp3) is 0.500. The van der Waals surface area contributed by atoms with Gasteiger partial charge in [0.05, 0.1) is 5.69 Å². The smallest absolute Gasteiger partial charge is 0.338 e. The molecule has 5 nitrogen and oxygen atoms in total. The van der Waals surface area contributed by atoms with Gasteiger partial charge in [0.15, 0.2) is 0 Å². The minimum absolute atomic E-state index is 0.0715. The number of likely N-dealkylation sites (tertiary alicyclic amines) is 1. The maximum atomic E-state index is 12.5. The monoisotopic (exact) mass is 350 g/mol. The SMILES string of the molecule is CC1CCN(Cc2ccccc2NS(=O)(=O)C(F)(F)F)C(=O)C1. The van der Waals surface area contributed by atoms with Gasteiger partial charge in [0.1, 0.15) is 0 Å². The average Bonchev–Trinajstić information content (AvgIpc) is 2.42. The van der Waals surface area contributed by atoms with Gasteiger partial charge in [-0.25, -0.2) is 0 Å². The van der Waals surface area contributed by atoms with E-state index in [2.05, 4.69) is 0 Å². The van der Waals surface area contributed by atoms with Gasteiger partial charge in [-0.3, -0.25) is 9.52 Å². The first-order valence-corrected chi connectivity index (χ1v) is 8.53. The summed E-state index contributed by atoms with van der Waals surface area (Å²) in [5, 5.41) is 0. The molecule has 1 N–H and O–H groups in total. The summed E-state index contributed by atoms with van der Waals surface area (Å²) >= 11 is 0. The Hall–Kier alpha value is -1.77. The Kier molecular flexibility index (Phi) is 4.88. The second kappa shape index (κ2) is 6.38. The second-order valence-corrected chi connectivity index (χ2v) is 7.30. The normalized spacial score (nSPS) is 19.7.